The van der Waals surface area contributed by atoms with E-state index in [0.717, 1.165) is 35.7 Å². The van der Waals surface area contributed by atoms with Crippen molar-refractivity contribution in [1.82, 2.24) is 0 Å². The Kier molecular flexibility index (Phi) is 6.97. The molecule has 42 heavy (non-hydrogen) atoms. The van der Waals surface area contributed by atoms with Crippen LogP contribution in [0.3, 0.4) is 0 Å². The van der Waals surface area contributed by atoms with Crippen LogP contribution in [-0.2, 0) is 10.2 Å². The zero-order valence-electron chi connectivity index (χ0n) is 29.0. The summed E-state index contributed by atoms with van der Waals surface area (Å²) in [5.41, 5.74) is 3.03. The predicted molar refractivity (Wildman–Crippen MR) is 180 cm³/mol. The third-order valence-corrected chi connectivity index (χ3v) is 22.8. The van der Waals surface area contributed by atoms with Gasteiger partial charge in [-0.05, 0) is 133 Å². The number of rotatable bonds is 6. The number of benzene rings is 1. The van der Waals surface area contributed by atoms with Gasteiger partial charge in [0, 0.05) is 23.8 Å². The fraction of sp³-hybridized carbons (Fsp3) is 0.811. The van der Waals surface area contributed by atoms with Gasteiger partial charge < -0.3 is 8.85 Å². The Morgan fingerprint density at radius 1 is 0.738 bits per heavy atom. The standard InChI is InChI=1S/C37H60O3Si2/c1-34(2,3)41(9,10)39-31-16-26(37-20-23-13-24(21-37)15-25(14-23)22-37)17-32(40-42(11,12)35(4,5)6)33(31)27-18-30(38)29-19-28(27)36(29,7)8/h16-17,23-25,27-29H,13-15,18-22H2,1-12H3/t23?,24?,25?,27-,28?,29?,37?/m1/s1. The summed E-state index contributed by atoms with van der Waals surface area (Å²) in [6, 6.07) is 5.01. The van der Waals surface area contributed by atoms with Crippen molar-refractivity contribution in [2.24, 2.45) is 35.0 Å². The number of fused-ring (bicyclic) bond motifs is 2. The van der Waals surface area contributed by atoms with Crippen LogP contribution in [-0.4, -0.2) is 22.4 Å². The number of carbonyl (C=O) groups excluding carboxylic acids is 1. The molecule has 5 heteroatoms. The van der Waals surface area contributed by atoms with Crippen LogP contribution in [0.5, 0.6) is 11.5 Å². The third-order valence-electron chi connectivity index (χ3n) is 14.1. The smallest absolute Gasteiger partial charge is 0.250 e. The van der Waals surface area contributed by atoms with Gasteiger partial charge in [0.2, 0.25) is 16.6 Å². The van der Waals surface area contributed by atoms with Crippen molar-refractivity contribution < 1.29 is 13.6 Å². The molecule has 0 saturated heterocycles. The van der Waals surface area contributed by atoms with Crippen LogP contribution >= 0.6 is 0 Å². The van der Waals surface area contributed by atoms with Crippen molar-refractivity contribution in [2.45, 2.75) is 154 Å². The average Bonchev–Trinajstić information content (AvgIpc) is 2.80. The minimum Gasteiger partial charge on any atom is -0.543 e. The van der Waals surface area contributed by atoms with E-state index in [1.54, 1.807) is 0 Å². The van der Waals surface area contributed by atoms with Gasteiger partial charge in [0.25, 0.3) is 0 Å². The zero-order chi connectivity index (χ0) is 30.8. The zero-order valence-corrected chi connectivity index (χ0v) is 31.0. The first-order chi connectivity index (χ1) is 19.1. The molecule has 0 heterocycles. The second kappa shape index (κ2) is 9.47. The molecule has 1 aromatic carbocycles. The summed E-state index contributed by atoms with van der Waals surface area (Å²) in [4.78, 5) is 13.6. The summed E-state index contributed by atoms with van der Waals surface area (Å²) >= 11 is 0. The molecule has 8 rings (SSSR count). The largest absolute Gasteiger partial charge is 0.543 e. The Hall–Kier alpha value is -1.08. The van der Waals surface area contributed by atoms with Crippen molar-refractivity contribution in [2.75, 3.05) is 0 Å². The average molecular weight is 609 g/mol. The SMILES string of the molecule is CC1(C)C2CC1[C@H](c1c(O[Si](C)(C)C(C)(C)C)cc(C34CC5CC(CC(C5)C3)C4)cc1O[Si](C)(C)C(C)(C)C)CC2=O. The van der Waals surface area contributed by atoms with E-state index in [-0.39, 0.29) is 32.7 Å². The molecule has 0 N–H and O–H groups in total. The molecule has 7 saturated carbocycles. The van der Waals surface area contributed by atoms with Crippen molar-refractivity contribution in [3.63, 3.8) is 0 Å². The lowest BCUT2D eigenvalue weighted by Gasteiger charge is -2.59. The molecule has 0 aliphatic heterocycles. The normalized spacial score (nSPS) is 35.7. The van der Waals surface area contributed by atoms with E-state index in [1.165, 1.54) is 49.7 Å². The Morgan fingerprint density at radius 3 is 1.52 bits per heavy atom. The molecule has 0 amide bonds. The summed E-state index contributed by atoms with van der Waals surface area (Å²) in [5.74, 6) is 6.13. The van der Waals surface area contributed by atoms with Crippen molar-refractivity contribution in [3.05, 3.63) is 23.3 Å². The fourth-order valence-corrected chi connectivity index (χ4v) is 11.8. The Bertz CT molecular complexity index is 1180. The molecule has 2 unspecified atom stereocenters. The Morgan fingerprint density at radius 2 is 1.17 bits per heavy atom. The first-order valence-corrected chi connectivity index (χ1v) is 23.0. The van der Waals surface area contributed by atoms with Gasteiger partial charge in [-0.1, -0.05) is 55.4 Å². The first-order valence-electron chi connectivity index (χ1n) is 17.2. The summed E-state index contributed by atoms with van der Waals surface area (Å²) < 4.78 is 14.9. The first kappa shape index (κ1) is 30.9. The predicted octanol–water partition coefficient (Wildman–Crippen LogP) is 10.6. The lowest BCUT2D eigenvalue weighted by atomic mass is 9.44. The maximum Gasteiger partial charge on any atom is 0.250 e. The maximum atomic E-state index is 13.6. The van der Waals surface area contributed by atoms with E-state index in [9.17, 15) is 4.79 Å². The molecule has 3 nitrogen and oxygen atoms in total. The lowest BCUT2D eigenvalue weighted by molar-refractivity contribution is -0.151. The highest BCUT2D eigenvalue weighted by Crippen LogP contribution is 2.66. The quantitative estimate of drug-likeness (QED) is 0.301. The van der Waals surface area contributed by atoms with Gasteiger partial charge in [0.15, 0.2) is 0 Å². The van der Waals surface area contributed by atoms with Crippen LogP contribution in [0.25, 0.3) is 0 Å². The van der Waals surface area contributed by atoms with Crippen molar-refractivity contribution in [3.8, 4) is 11.5 Å². The number of Topliss-reactive ketones (excluding diaryl/α,β-unsaturated/α-hetero) is 1. The van der Waals surface area contributed by atoms with Gasteiger partial charge in [0.05, 0.1) is 0 Å². The summed E-state index contributed by atoms with van der Waals surface area (Å²) in [7, 11) is -4.32. The van der Waals surface area contributed by atoms with Gasteiger partial charge in [-0.2, -0.15) is 0 Å². The van der Waals surface area contributed by atoms with Gasteiger partial charge >= 0.3 is 0 Å². The molecular formula is C37H60O3Si2. The molecular weight excluding hydrogens is 549 g/mol. The van der Waals surface area contributed by atoms with Crippen LogP contribution < -0.4 is 8.85 Å². The second-order valence-electron chi connectivity index (χ2n) is 19.3. The molecule has 0 aromatic heterocycles. The van der Waals surface area contributed by atoms with Gasteiger partial charge in [-0.3, -0.25) is 4.79 Å². The van der Waals surface area contributed by atoms with Crippen molar-refractivity contribution >= 4 is 22.4 Å². The summed E-state index contributed by atoms with van der Waals surface area (Å²) in [6.45, 7) is 28.3. The topological polar surface area (TPSA) is 35.5 Å². The monoisotopic (exact) mass is 608 g/mol. The highest BCUT2D eigenvalue weighted by atomic mass is 28.4. The minimum absolute atomic E-state index is 0.0427. The van der Waals surface area contributed by atoms with Gasteiger partial charge in [-0.15, -0.1) is 0 Å². The second-order valence-corrected chi connectivity index (χ2v) is 28.8. The minimum atomic E-state index is -2.16. The van der Waals surface area contributed by atoms with Crippen LogP contribution in [0.4, 0.5) is 0 Å². The summed E-state index contributed by atoms with van der Waals surface area (Å²) in [5, 5.41) is 0.176. The van der Waals surface area contributed by atoms with Gasteiger partial charge in [0.1, 0.15) is 17.3 Å². The maximum absolute atomic E-state index is 13.6. The van der Waals surface area contributed by atoms with Crippen LogP contribution in [0.15, 0.2) is 12.1 Å². The summed E-state index contributed by atoms with van der Waals surface area (Å²) in [6.07, 6.45) is 9.98. The third kappa shape index (κ3) is 4.81. The molecule has 7 fully saturated rings. The van der Waals surface area contributed by atoms with E-state index in [4.69, 9.17) is 8.85 Å². The molecule has 7 aliphatic rings. The van der Waals surface area contributed by atoms with E-state index in [1.807, 2.05) is 0 Å². The number of hydrogen-bond acceptors (Lipinski definition) is 3. The highest BCUT2D eigenvalue weighted by Gasteiger charge is 2.60. The molecule has 0 spiro atoms. The molecule has 0 radical (unpaired) electrons. The van der Waals surface area contributed by atoms with E-state index in [2.05, 4.69) is 93.7 Å². The van der Waals surface area contributed by atoms with E-state index in [0.29, 0.717) is 18.1 Å². The van der Waals surface area contributed by atoms with Crippen molar-refractivity contribution in [1.29, 1.82) is 0 Å². The fourth-order valence-electron chi connectivity index (χ4n) is 9.75. The molecule has 234 valence electrons. The molecule has 7 aliphatic carbocycles. The van der Waals surface area contributed by atoms with E-state index >= 15 is 0 Å². The van der Waals surface area contributed by atoms with Crippen LogP contribution in [0.2, 0.25) is 36.3 Å². The molecule has 6 bridgehead atoms. The Labute approximate surface area is 259 Å². The van der Waals surface area contributed by atoms with E-state index < -0.39 is 16.6 Å². The van der Waals surface area contributed by atoms with Crippen LogP contribution in [0, 0.1) is 35.0 Å². The molecule has 3 atom stereocenters. The van der Waals surface area contributed by atoms with Crippen LogP contribution in [0.1, 0.15) is 124 Å². The number of ketones is 1. The highest BCUT2D eigenvalue weighted by molar-refractivity contribution is 6.75. The number of hydrogen-bond donors (Lipinski definition) is 0. The molecule has 1 aromatic rings. The number of carbonyl (C=O) groups is 1. The van der Waals surface area contributed by atoms with Gasteiger partial charge in [-0.25, -0.2) is 0 Å². The lowest BCUT2D eigenvalue weighted by Crippen LogP contribution is -2.56. The Balaban J connectivity index is 1.56.